The van der Waals surface area contributed by atoms with Crippen LogP contribution in [0.4, 0.5) is 5.69 Å². The number of carbonyl (C=O) groups is 1. The van der Waals surface area contributed by atoms with E-state index in [-0.39, 0.29) is 10.9 Å². The molecule has 5 heteroatoms. The lowest BCUT2D eigenvalue weighted by atomic mass is 10.1. The third kappa shape index (κ3) is 3.15. The summed E-state index contributed by atoms with van der Waals surface area (Å²) >= 11 is 6.52. The van der Waals surface area contributed by atoms with Crippen molar-refractivity contribution >= 4 is 40.1 Å². The van der Waals surface area contributed by atoms with Crippen LogP contribution in [0.3, 0.4) is 0 Å². The van der Waals surface area contributed by atoms with Gasteiger partial charge in [0.25, 0.3) is 0 Å². The smallest absolute Gasteiger partial charge is 0.228 e. The first-order chi connectivity index (χ1) is 8.66. The summed E-state index contributed by atoms with van der Waals surface area (Å²) < 4.78 is 0. The Morgan fingerprint density at radius 3 is 2.78 bits per heavy atom. The Bertz CT molecular complexity index is 564. The van der Waals surface area contributed by atoms with Gasteiger partial charge in [-0.05, 0) is 34.5 Å². The van der Waals surface area contributed by atoms with Crippen molar-refractivity contribution in [2.75, 3.05) is 5.32 Å². The molecule has 1 aromatic heterocycles. The number of amides is 1. The molecule has 0 bridgehead atoms. The topological polar surface area (TPSA) is 55.1 Å². The highest BCUT2D eigenvalue weighted by molar-refractivity contribution is 7.80. The van der Waals surface area contributed by atoms with Crippen LogP contribution in [0.1, 0.15) is 11.1 Å². The largest absolute Gasteiger partial charge is 0.389 e. The average Bonchev–Trinajstić information content (AvgIpc) is 2.82. The second kappa shape index (κ2) is 5.75. The quantitative estimate of drug-likeness (QED) is 0.844. The number of carbonyl (C=O) groups excluding carboxylic acids is 1. The zero-order valence-corrected chi connectivity index (χ0v) is 11.2. The summed E-state index contributed by atoms with van der Waals surface area (Å²) in [6.45, 7) is 0. The molecule has 0 fully saturated rings. The number of thiophene rings is 1. The number of hydrogen-bond donors (Lipinski definition) is 2. The monoisotopic (exact) mass is 276 g/mol. The van der Waals surface area contributed by atoms with Crippen molar-refractivity contribution in [1.82, 2.24) is 0 Å². The van der Waals surface area contributed by atoms with E-state index >= 15 is 0 Å². The van der Waals surface area contributed by atoms with E-state index in [4.69, 9.17) is 18.0 Å². The van der Waals surface area contributed by atoms with Gasteiger partial charge in [0.15, 0.2) is 0 Å². The molecule has 2 rings (SSSR count). The van der Waals surface area contributed by atoms with E-state index in [1.54, 1.807) is 23.5 Å². The fraction of sp³-hybridized carbons (Fsp3) is 0.0769. The number of nitrogens with two attached hydrogens (primary N) is 1. The highest BCUT2D eigenvalue weighted by Crippen LogP contribution is 2.15. The summed E-state index contributed by atoms with van der Waals surface area (Å²) in [4.78, 5) is 12.1. The van der Waals surface area contributed by atoms with Gasteiger partial charge in [0.2, 0.25) is 5.91 Å². The van der Waals surface area contributed by atoms with E-state index in [0.29, 0.717) is 17.7 Å². The summed E-state index contributed by atoms with van der Waals surface area (Å²) in [5, 5.41) is 6.74. The van der Waals surface area contributed by atoms with Gasteiger partial charge in [-0.2, -0.15) is 11.3 Å². The number of nitrogens with one attached hydrogen (secondary N) is 1. The van der Waals surface area contributed by atoms with Crippen molar-refractivity contribution < 1.29 is 4.79 Å². The molecule has 0 radical (unpaired) electrons. The summed E-state index contributed by atoms with van der Waals surface area (Å²) in [6, 6.07) is 9.19. The molecule has 0 aliphatic heterocycles. The first-order valence-electron chi connectivity index (χ1n) is 5.36. The van der Waals surface area contributed by atoms with E-state index < -0.39 is 0 Å². The molecule has 18 heavy (non-hydrogen) atoms. The zero-order chi connectivity index (χ0) is 13.0. The van der Waals surface area contributed by atoms with Gasteiger partial charge in [-0.15, -0.1) is 0 Å². The maximum atomic E-state index is 11.9. The molecule has 3 nitrogen and oxygen atoms in total. The Hall–Kier alpha value is -1.72. The van der Waals surface area contributed by atoms with Crippen LogP contribution in [0.5, 0.6) is 0 Å². The van der Waals surface area contributed by atoms with Gasteiger partial charge in [-0.3, -0.25) is 4.79 Å². The Balaban J connectivity index is 2.09. The average molecular weight is 276 g/mol. The van der Waals surface area contributed by atoms with E-state index in [1.807, 2.05) is 29.0 Å². The van der Waals surface area contributed by atoms with E-state index in [9.17, 15) is 4.79 Å². The lowest BCUT2D eigenvalue weighted by Crippen LogP contribution is -2.18. The van der Waals surface area contributed by atoms with Gasteiger partial charge >= 0.3 is 0 Å². The second-order valence-corrected chi connectivity index (χ2v) is 4.99. The summed E-state index contributed by atoms with van der Waals surface area (Å²) in [6.07, 6.45) is 0.356. The van der Waals surface area contributed by atoms with E-state index in [2.05, 4.69) is 5.32 Å². The van der Waals surface area contributed by atoms with Crippen LogP contribution in [0, 0.1) is 0 Å². The summed E-state index contributed by atoms with van der Waals surface area (Å²) in [5.74, 6) is -0.0721. The predicted molar refractivity (Wildman–Crippen MR) is 79.0 cm³/mol. The molecule has 0 spiro atoms. The van der Waals surface area contributed by atoms with Crippen molar-refractivity contribution in [3.63, 3.8) is 0 Å². The minimum Gasteiger partial charge on any atom is -0.389 e. The Morgan fingerprint density at radius 2 is 2.11 bits per heavy atom. The van der Waals surface area contributed by atoms with Crippen molar-refractivity contribution in [1.29, 1.82) is 0 Å². The number of hydrogen-bond acceptors (Lipinski definition) is 3. The van der Waals surface area contributed by atoms with Crippen molar-refractivity contribution in [3.8, 4) is 0 Å². The van der Waals surface area contributed by atoms with Gasteiger partial charge in [-0.1, -0.05) is 24.4 Å². The first kappa shape index (κ1) is 12.7. The molecule has 0 saturated heterocycles. The Morgan fingerprint density at radius 1 is 1.33 bits per heavy atom. The van der Waals surface area contributed by atoms with Gasteiger partial charge in [0, 0.05) is 5.56 Å². The molecule has 0 unspecified atom stereocenters. The Kier molecular flexibility index (Phi) is 4.07. The minimum absolute atomic E-state index is 0.0721. The number of thiocarbonyl (C=S) groups is 1. The number of anilines is 1. The first-order valence-corrected chi connectivity index (χ1v) is 6.71. The molecule has 0 atom stereocenters. The highest BCUT2D eigenvalue weighted by Gasteiger charge is 2.08. The molecule has 0 aliphatic carbocycles. The third-order valence-corrected chi connectivity index (χ3v) is 3.36. The molecule has 1 aromatic carbocycles. The molecule has 1 amide bonds. The molecule has 92 valence electrons. The standard InChI is InChI=1S/C13H12N2OS2/c14-13(17)10-3-1-2-4-11(10)15-12(16)7-9-5-6-18-8-9/h1-6,8H,7H2,(H2,14,17)(H,15,16). The highest BCUT2D eigenvalue weighted by atomic mass is 32.1. The predicted octanol–water partition coefficient (Wildman–Crippen LogP) is 2.56. The molecule has 0 aliphatic rings. The maximum Gasteiger partial charge on any atom is 0.228 e. The number of rotatable bonds is 4. The SMILES string of the molecule is NC(=S)c1ccccc1NC(=O)Cc1ccsc1. The lowest BCUT2D eigenvalue weighted by molar-refractivity contribution is -0.115. The van der Waals surface area contributed by atoms with Crippen LogP contribution in [-0.4, -0.2) is 10.9 Å². The molecule has 0 saturated carbocycles. The van der Waals surface area contributed by atoms with Gasteiger partial charge < -0.3 is 11.1 Å². The van der Waals surface area contributed by atoms with E-state index in [0.717, 1.165) is 5.56 Å². The summed E-state index contributed by atoms with van der Waals surface area (Å²) in [7, 11) is 0. The molecule has 3 N–H and O–H groups in total. The molecular weight excluding hydrogens is 264 g/mol. The van der Waals surface area contributed by atoms with Crippen LogP contribution < -0.4 is 11.1 Å². The van der Waals surface area contributed by atoms with Crippen LogP contribution in [0.2, 0.25) is 0 Å². The van der Waals surface area contributed by atoms with Crippen LogP contribution in [0.15, 0.2) is 41.1 Å². The van der Waals surface area contributed by atoms with Gasteiger partial charge in [0.1, 0.15) is 4.99 Å². The van der Waals surface area contributed by atoms with Crippen molar-refractivity contribution in [2.45, 2.75) is 6.42 Å². The fourth-order valence-electron chi connectivity index (χ4n) is 1.58. The van der Waals surface area contributed by atoms with Crippen LogP contribution >= 0.6 is 23.6 Å². The third-order valence-electron chi connectivity index (χ3n) is 2.41. The molecular formula is C13H12N2OS2. The van der Waals surface area contributed by atoms with Crippen molar-refractivity contribution in [3.05, 3.63) is 52.2 Å². The van der Waals surface area contributed by atoms with Gasteiger partial charge in [0.05, 0.1) is 12.1 Å². The van der Waals surface area contributed by atoms with Crippen molar-refractivity contribution in [2.24, 2.45) is 5.73 Å². The second-order valence-electron chi connectivity index (χ2n) is 3.77. The normalized spacial score (nSPS) is 10.0. The van der Waals surface area contributed by atoms with E-state index in [1.165, 1.54) is 0 Å². The Labute approximate surface area is 115 Å². The lowest BCUT2D eigenvalue weighted by Gasteiger charge is -2.09. The maximum absolute atomic E-state index is 11.9. The summed E-state index contributed by atoms with van der Waals surface area (Å²) in [5.41, 5.74) is 7.96. The zero-order valence-electron chi connectivity index (χ0n) is 9.55. The fourth-order valence-corrected chi connectivity index (χ4v) is 2.43. The van der Waals surface area contributed by atoms with Gasteiger partial charge in [-0.25, -0.2) is 0 Å². The van der Waals surface area contributed by atoms with Crippen LogP contribution in [0.25, 0.3) is 0 Å². The number of benzene rings is 1. The minimum atomic E-state index is -0.0721. The molecule has 2 aromatic rings. The number of para-hydroxylation sites is 1. The molecule has 1 heterocycles. The van der Waals surface area contributed by atoms with Crippen LogP contribution in [-0.2, 0) is 11.2 Å².